The van der Waals surface area contributed by atoms with Gasteiger partial charge >= 0.3 is 6.09 Å². The summed E-state index contributed by atoms with van der Waals surface area (Å²) in [7, 11) is 2.15. The Morgan fingerprint density at radius 2 is 1.90 bits per heavy atom. The average molecular weight is 299 g/mol. The van der Waals surface area contributed by atoms with Gasteiger partial charge in [-0.15, -0.1) is 0 Å². The highest BCUT2D eigenvalue weighted by Gasteiger charge is 2.26. The fourth-order valence-electron chi connectivity index (χ4n) is 2.30. The first-order chi connectivity index (χ1) is 9.69. The fraction of sp³-hybridized carbons (Fsp3) is 0.938. The maximum absolute atomic E-state index is 12.0. The van der Waals surface area contributed by atoms with Crippen molar-refractivity contribution < 1.29 is 9.53 Å². The molecule has 0 saturated carbocycles. The molecule has 0 aromatic heterocycles. The van der Waals surface area contributed by atoms with E-state index in [1.54, 1.807) is 0 Å². The van der Waals surface area contributed by atoms with Crippen molar-refractivity contribution in [2.75, 3.05) is 33.2 Å². The third-order valence-corrected chi connectivity index (χ3v) is 3.93. The Hall–Kier alpha value is -0.810. The number of hydrogen-bond acceptors (Lipinski definition) is 4. The number of carbonyl (C=O) groups excluding carboxylic acids is 1. The van der Waals surface area contributed by atoms with E-state index in [9.17, 15) is 4.79 Å². The van der Waals surface area contributed by atoms with Gasteiger partial charge in [0.05, 0.1) is 0 Å². The molecule has 1 fully saturated rings. The standard InChI is InChI=1S/C16H33N3O2/c1-13(2)18(6)12-9-17-14-7-10-19(11-8-14)15(20)21-16(3,4)5/h13-14,17H,7-12H2,1-6H3. The summed E-state index contributed by atoms with van der Waals surface area (Å²) >= 11 is 0. The number of nitrogens with one attached hydrogen (secondary N) is 1. The van der Waals surface area contributed by atoms with Gasteiger partial charge in [-0.1, -0.05) is 0 Å². The Morgan fingerprint density at radius 3 is 2.38 bits per heavy atom. The topological polar surface area (TPSA) is 44.8 Å². The van der Waals surface area contributed by atoms with Crippen molar-refractivity contribution >= 4 is 6.09 Å². The monoisotopic (exact) mass is 299 g/mol. The van der Waals surface area contributed by atoms with Gasteiger partial charge in [0.25, 0.3) is 0 Å². The maximum atomic E-state index is 12.0. The van der Waals surface area contributed by atoms with Crippen LogP contribution in [-0.4, -0.2) is 66.8 Å². The van der Waals surface area contributed by atoms with Crippen molar-refractivity contribution in [1.82, 2.24) is 15.1 Å². The second kappa shape index (κ2) is 7.99. The summed E-state index contributed by atoms with van der Waals surface area (Å²) < 4.78 is 5.41. The Bertz CT molecular complexity index is 318. The molecule has 1 rings (SSSR count). The second-order valence-electron chi connectivity index (χ2n) is 7.27. The van der Waals surface area contributed by atoms with Gasteiger partial charge in [-0.05, 0) is 54.5 Å². The van der Waals surface area contributed by atoms with Crippen molar-refractivity contribution in [3.63, 3.8) is 0 Å². The summed E-state index contributed by atoms with van der Waals surface area (Å²) in [6.45, 7) is 13.8. The Balaban J connectivity index is 2.22. The van der Waals surface area contributed by atoms with E-state index in [2.05, 4.69) is 31.1 Å². The Labute approximate surface area is 130 Å². The van der Waals surface area contributed by atoms with Gasteiger partial charge in [0.1, 0.15) is 5.60 Å². The van der Waals surface area contributed by atoms with Crippen molar-refractivity contribution in [2.24, 2.45) is 0 Å². The minimum Gasteiger partial charge on any atom is -0.444 e. The summed E-state index contributed by atoms with van der Waals surface area (Å²) in [5.74, 6) is 0. The van der Waals surface area contributed by atoms with Gasteiger partial charge < -0.3 is 19.9 Å². The maximum Gasteiger partial charge on any atom is 0.410 e. The van der Waals surface area contributed by atoms with E-state index >= 15 is 0 Å². The lowest BCUT2D eigenvalue weighted by Crippen LogP contribution is -2.47. The minimum atomic E-state index is -0.409. The number of piperidine rings is 1. The molecule has 0 unspecified atom stereocenters. The van der Waals surface area contributed by atoms with E-state index in [4.69, 9.17) is 4.74 Å². The van der Waals surface area contributed by atoms with E-state index in [1.165, 1.54) is 0 Å². The minimum absolute atomic E-state index is 0.180. The highest BCUT2D eigenvalue weighted by atomic mass is 16.6. The Morgan fingerprint density at radius 1 is 1.33 bits per heavy atom. The van der Waals surface area contributed by atoms with Gasteiger partial charge in [0.15, 0.2) is 0 Å². The first kappa shape index (κ1) is 18.2. The number of rotatable bonds is 5. The van der Waals surface area contributed by atoms with E-state index < -0.39 is 5.60 Å². The molecular formula is C16H33N3O2. The molecule has 0 aromatic carbocycles. The summed E-state index contributed by atoms with van der Waals surface area (Å²) in [4.78, 5) is 16.1. The summed E-state index contributed by atoms with van der Waals surface area (Å²) in [6, 6.07) is 1.10. The molecule has 5 nitrogen and oxygen atoms in total. The molecule has 1 amide bonds. The third-order valence-electron chi connectivity index (χ3n) is 3.93. The number of amides is 1. The van der Waals surface area contributed by atoms with Crippen molar-refractivity contribution in [3.8, 4) is 0 Å². The highest BCUT2D eigenvalue weighted by molar-refractivity contribution is 5.68. The predicted molar refractivity (Wildman–Crippen MR) is 86.6 cm³/mol. The van der Waals surface area contributed by atoms with Gasteiger partial charge in [-0.3, -0.25) is 0 Å². The van der Waals surface area contributed by atoms with Crippen LogP contribution in [0.3, 0.4) is 0 Å². The smallest absolute Gasteiger partial charge is 0.410 e. The van der Waals surface area contributed by atoms with Crippen molar-refractivity contribution in [2.45, 2.75) is 65.1 Å². The molecule has 1 heterocycles. The van der Waals surface area contributed by atoms with E-state index in [0.29, 0.717) is 12.1 Å². The first-order valence-electron chi connectivity index (χ1n) is 8.10. The second-order valence-corrected chi connectivity index (χ2v) is 7.27. The van der Waals surface area contributed by atoms with Gasteiger partial charge in [-0.2, -0.15) is 0 Å². The number of hydrogen-bond donors (Lipinski definition) is 1. The van der Waals surface area contributed by atoms with E-state index in [-0.39, 0.29) is 6.09 Å². The number of likely N-dealkylation sites (N-methyl/N-ethyl adjacent to an activating group) is 1. The normalized spacial score (nSPS) is 17.6. The number of carbonyl (C=O) groups is 1. The molecule has 0 bridgehead atoms. The van der Waals surface area contributed by atoms with Crippen LogP contribution in [0, 0.1) is 0 Å². The molecule has 0 atom stereocenters. The van der Waals surface area contributed by atoms with Crippen LogP contribution in [-0.2, 0) is 4.74 Å². The van der Waals surface area contributed by atoms with Crippen LogP contribution in [0.15, 0.2) is 0 Å². The van der Waals surface area contributed by atoms with Crippen LogP contribution in [0.25, 0.3) is 0 Å². The zero-order valence-electron chi connectivity index (χ0n) is 14.6. The first-order valence-corrected chi connectivity index (χ1v) is 8.10. The quantitative estimate of drug-likeness (QED) is 0.846. The predicted octanol–water partition coefficient (Wildman–Crippen LogP) is 2.32. The molecule has 1 aliphatic heterocycles. The summed E-state index contributed by atoms with van der Waals surface area (Å²) in [5, 5.41) is 3.59. The lowest BCUT2D eigenvalue weighted by atomic mass is 10.1. The van der Waals surface area contributed by atoms with Crippen LogP contribution < -0.4 is 5.32 Å². The highest BCUT2D eigenvalue weighted by Crippen LogP contribution is 2.15. The molecule has 1 aliphatic rings. The van der Waals surface area contributed by atoms with Crippen LogP contribution in [0.4, 0.5) is 4.79 Å². The van der Waals surface area contributed by atoms with Crippen molar-refractivity contribution in [3.05, 3.63) is 0 Å². The summed E-state index contributed by atoms with van der Waals surface area (Å²) in [5.41, 5.74) is -0.409. The molecule has 1 saturated heterocycles. The molecule has 5 heteroatoms. The molecule has 124 valence electrons. The van der Waals surface area contributed by atoms with E-state index in [0.717, 1.165) is 39.0 Å². The molecule has 0 aromatic rings. The van der Waals surface area contributed by atoms with Crippen LogP contribution in [0.1, 0.15) is 47.5 Å². The lowest BCUT2D eigenvalue weighted by Gasteiger charge is -2.34. The third kappa shape index (κ3) is 7.14. The van der Waals surface area contributed by atoms with Gasteiger partial charge in [-0.25, -0.2) is 4.79 Å². The average Bonchev–Trinajstić information content (AvgIpc) is 2.37. The zero-order chi connectivity index (χ0) is 16.0. The van der Waals surface area contributed by atoms with Gasteiger partial charge in [0, 0.05) is 38.3 Å². The Kier molecular flexibility index (Phi) is 6.94. The number of ether oxygens (including phenoxy) is 1. The van der Waals surface area contributed by atoms with Gasteiger partial charge in [0.2, 0.25) is 0 Å². The number of nitrogens with zero attached hydrogens (tertiary/aromatic N) is 2. The molecule has 0 aliphatic carbocycles. The van der Waals surface area contributed by atoms with Crippen molar-refractivity contribution in [1.29, 1.82) is 0 Å². The largest absolute Gasteiger partial charge is 0.444 e. The molecule has 1 N–H and O–H groups in total. The molecule has 0 radical (unpaired) electrons. The van der Waals surface area contributed by atoms with Crippen LogP contribution in [0.5, 0.6) is 0 Å². The lowest BCUT2D eigenvalue weighted by molar-refractivity contribution is 0.0198. The molecular weight excluding hydrogens is 266 g/mol. The van der Waals surface area contributed by atoms with Crippen LogP contribution >= 0.6 is 0 Å². The molecule has 21 heavy (non-hydrogen) atoms. The zero-order valence-corrected chi connectivity index (χ0v) is 14.6. The fourth-order valence-corrected chi connectivity index (χ4v) is 2.30. The molecule has 0 spiro atoms. The van der Waals surface area contributed by atoms with Crippen LogP contribution in [0.2, 0.25) is 0 Å². The van der Waals surface area contributed by atoms with E-state index in [1.807, 2.05) is 25.7 Å². The number of likely N-dealkylation sites (tertiary alicyclic amines) is 1. The SMILES string of the molecule is CC(C)N(C)CCNC1CCN(C(=O)OC(C)(C)C)CC1. The summed E-state index contributed by atoms with van der Waals surface area (Å²) in [6.07, 6.45) is 1.83.